The lowest BCUT2D eigenvalue weighted by molar-refractivity contribution is -0.156. The molecule has 1 fully saturated rings. The molecule has 1 amide bonds. The van der Waals surface area contributed by atoms with Crippen LogP contribution in [0.5, 0.6) is 0 Å². The van der Waals surface area contributed by atoms with Crippen LogP contribution in [0.15, 0.2) is 54.1 Å². The summed E-state index contributed by atoms with van der Waals surface area (Å²) < 4.78 is 6.04. The van der Waals surface area contributed by atoms with E-state index in [0.717, 1.165) is 37.9 Å². The van der Waals surface area contributed by atoms with Crippen LogP contribution < -0.4 is 0 Å². The summed E-state index contributed by atoms with van der Waals surface area (Å²) in [5.74, 6) is -0.842. The highest BCUT2D eigenvalue weighted by Gasteiger charge is 2.55. The lowest BCUT2D eigenvalue weighted by atomic mass is 9.54. The molecule has 0 spiro atoms. The fraction of sp³-hybridized carbons (Fsp3) is 0.586. The number of carboxylic acids is 1. The van der Waals surface area contributed by atoms with Crippen molar-refractivity contribution >= 4 is 11.9 Å². The van der Waals surface area contributed by atoms with Crippen molar-refractivity contribution in [3.63, 3.8) is 0 Å². The standard InChI is InChI=1S/C29H39NO4/c1-21-16-24-18-23(28(2,3)26(31)30-14-8-5-9-15-30)12-13-29(24,27(32)33)25(17-21)20-34-19-22-10-6-4-7-11-22/h4,6-7,10-13,17,23-25H,5,8-9,14-16,18-20H2,1-3H3,(H,32,33)/t23-,24+,25+,29+/m1/s1. The molecule has 5 heteroatoms. The van der Waals surface area contributed by atoms with Crippen LogP contribution in [-0.4, -0.2) is 41.6 Å². The Morgan fingerprint density at radius 3 is 2.53 bits per heavy atom. The molecule has 1 aliphatic heterocycles. The number of rotatable bonds is 7. The summed E-state index contributed by atoms with van der Waals surface area (Å²) in [6.45, 7) is 8.67. The van der Waals surface area contributed by atoms with Crippen LogP contribution in [-0.2, 0) is 20.9 Å². The molecular formula is C29H39NO4. The van der Waals surface area contributed by atoms with Gasteiger partial charge in [-0.15, -0.1) is 0 Å². The van der Waals surface area contributed by atoms with Crippen LogP contribution in [0.25, 0.3) is 0 Å². The fourth-order valence-electron chi connectivity index (χ4n) is 6.27. The smallest absolute Gasteiger partial charge is 0.314 e. The first kappa shape index (κ1) is 24.7. The van der Waals surface area contributed by atoms with Gasteiger partial charge in [0.1, 0.15) is 0 Å². The molecule has 1 N–H and O–H groups in total. The van der Waals surface area contributed by atoms with Crippen molar-refractivity contribution in [2.75, 3.05) is 19.7 Å². The van der Waals surface area contributed by atoms with Crippen molar-refractivity contribution in [2.45, 2.75) is 59.5 Å². The Balaban J connectivity index is 1.54. The van der Waals surface area contributed by atoms with Crippen molar-refractivity contribution in [3.8, 4) is 0 Å². The summed E-state index contributed by atoms with van der Waals surface area (Å²) in [7, 11) is 0. The second-order valence-electron chi connectivity index (χ2n) is 11.0. The molecular weight excluding hydrogens is 426 g/mol. The number of hydrogen-bond donors (Lipinski definition) is 1. The van der Waals surface area contributed by atoms with E-state index >= 15 is 0 Å². The minimum atomic E-state index is -0.989. The highest BCUT2D eigenvalue weighted by Crippen LogP contribution is 2.54. The molecule has 4 rings (SSSR count). The molecule has 5 nitrogen and oxygen atoms in total. The number of carbonyl (C=O) groups excluding carboxylic acids is 1. The van der Waals surface area contributed by atoms with Gasteiger partial charge in [-0.3, -0.25) is 9.59 Å². The number of likely N-dealkylation sites (tertiary alicyclic amines) is 1. The highest BCUT2D eigenvalue weighted by atomic mass is 16.5. The van der Waals surface area contributed by atoms with Gasteiger partial charge in [0.15, 0.2) is 0 Å². The molecule has 1 aromatic rings. The first-order valence-electron chi connectivity index (χ1n) is 12.8. The van der Waals surface area contributed by atoms with Crippen LogP contribution in [0.4, 0.5) is 0 Å². The van der Waals surface area contributed by atoms with E-state index in [4.69, 9.17) is 4.74 Å². The van der Waals surface area contributed by atoms with Crippen molar-refractivity contribution in [2.24, 2.45) is 28.6 Å². The first-order valence-corrected chi connectivity index (χ1v) is 12.8. The molecule has 3 aliphatic rings. The molecule has 0 bridgehead atoms. The largest absolute Gasteiger partial charge is 0.481 e. The minimum Gasteiger partial charge on any atom is -0.481 e. The predicted octanol–water partition coefficient (Wildman–Crippen LogP) is 5.47. The lowest BCUT2D eigenvalue weighted by Gasteiger charge is -2.49. The zero-order valence-electron chi connectivity index (χ0n) is 20.8. The van der Waals surface area contributed by atoms with Crippen molar-refractivity contribution in [3.05, 3.63) is 59.7 Å². The Kier molecular flexibility index (Phi) is 7.32. The first-order chi connectivity index (χ1) is 16.2. The van der Waals surface area contributed by atoms with E-state index in [0.29, 0.717) is 19.6 Å². The van der Waals surface area contributed by atoms with Crippen LogP contribution in [0.2, 0.25) is 0 Å². The monoisotopic (exact) mass is 465 g/mol. The topological polar surface area (TPSA) is 66.8 Å². The van der Waals surface area contributed by atoms with Gasteiger partial charge in [0, 0.05) is 19.0 Å². The van der Waals surface area contributed by atoms with Gasteiger partial charge in [0.05, 0.1) is 24.0 Å². The van der Waals surface area contributed by atoms with Gasteiger partial charge < -0.3 is 14.7 Å². The third kappa shape index (κ3) is 4.72. The van der Waals surface area contributed by atoms with E-state index in [-0.39, 0.29) is 23.7 Å². The third-order valence-electron chi connectivity index (χ3n) is 8.39. The van der Waals surface area contributed by atoms with E-state index in [1.165, 1.54) is 12.0 Å². The summed E-state index contributed by atoms with van der Waals surface area (Å²) in [6.07, 6.45) is 10.8. The maximum Gasteiger partial charge on any atom is 0.314 e. The van der Waals surface area contributed by atoms with Gasteiger partial charge in [0.2, 0.25) is 5.91 Å². The zero-order chi connectivity index (χ0) is 24.3. The molecule has 4 atom stereocenters. The van der Waals surface area contributed by atoms with Gasteiger partial charge in [-0.05, 0) is 56.4 Å². The molecule has 34 heavy (non-hydrogen) atoms. The molecule has 0 aromatic heterocycles. The number of benzene rings is 1. The molecule has 0 radical (unpaired) electrons. The zero-order valence-corrected chi connectivity index (χ0v) is 20.8. The second-order valence-corrected chi connectivity index (χ2v) is 11.0. The van der Waals surface area contributed by atoms with E-state index in [1.54, 1.807) is 0 Å². The number of amides is 1. The number of nitrogens with zero attached hydrogens (tertiary/aromatic N) is 1. The summed E-state index contributed by atoms with van der Waals surface area (Å²) in [5, 5.41) is 10.5. The average Bonchev–Trinajstić information content (AvgIpc) is 2.84. The predicted molar refractivity (Wildman–Crippen MR) is 133 cm³/mol. The summed E-state index contributed by atoms with van der Waals surface area (Å²) >= 11 is 0. The number of carbonyl (C=O) groups is 2. The summed E-state index contributed by atoms with van der Waals surface area (Å²) in [4.78, 5) is 28.2. The Morgan fingerprint density at radius 2 is 1.85 bits per heavy atom. The van der Waals surface area contributed by atoms with Crippen LogP contribution in [0.3, 0.4) is 0 Å². The van der Waals surface area contributed by atoms with E-state index in [1.807, 2.05) is 61.2 Å². The number of carboxylic acid groups (broad SMARTS) is 1. The molecule has 2 aliphatic carbocycles. The van der Waals surface area contributed by atoms with Crippen molar-refractivity contribution in [1.29, 1.82) is 0 Å². The average molecular weight is 466 g/mol. The number of fused-ring (bicyclic) bond motifs is 1. The number of allylic oxidation sites excluding steroid dienone is 2. The summed E-state index contributed by atoms with van der Waals surface area (Å²) in [6, 6.07) is 9.97. The van der Waals surface area contributed by atoms with Crippen LogP contribution >= 0.6 is 0 Å². The maximum atomic E-state index is 13.4. The Morgan fingerprint density at radius 1 is 1.15 bits per heavy atom. The van der Waals surface area contributed by atoms with E-state index < -0.39 is 16.8 Å². The van der Waals surface area contributed by atoms with Gasteiger partial charge in [0.25, 0.3) is 0 Å². The van der Waals surface area contributed by atoms with E-state index in [2.05, 4.69) is 13.0 Å². The third-order valence-corrected chi connectivity index (χ3v) is 8.39. The molecule has 184 valence electrons. The SMILES string of the molecule is CC1=C[C@@H](COCc2ccccc2)[C@]2(C(=O)O)C=C[C@@H](C(C)(C)C(=O)N3CCCCC3)C[C@@H]2C1. The normalized spacial score (nSPS) is 29.3. The molecule has 0 saturated carbocycles. The van der Waals surface area contributed by atoms with Crippen molar-refractivity contribution < 1.29 is 19.4 Å². The van der Waals surface area contributed by atoms with Gasteiger partial charge >= 0.3 is 5.97 Å². The Labute approximate surface area is 203 Å². The van der Waals surface area contributed by atoms with Crippen molar-refractivity contribution in [1.82, 2.24) is 4.90 Å². The second kappa shape index (κ2) is 10.1. The minimum absolute atomic E-state index is 0.0242. The fourth-order valence-corrected chi connectivity index (χ4v) is 6.27. The number of piperidine rings is 1. The molecule has 1 saturated heterocycles. The quantitative estimate of drug-likeness (QED) is 0.542. The van der Waals surface area contributed by atoms with Crippen LogP contribution in [0, 0.1) is 28.6 Å². The number of aliphatic carboxylic acids is 1. The number of hydrogen-bond acceptors (Lipinski definition) is 3. The molecule has 1 heterocycles. The van der Waals surface area contributed by atoms with Gasteiger partial charge in [-0.25, -0.2) is 0 Å². The highest BCUT2D eigenvalue weighted by molar-refractivity contribution is 5.83. The molecule has 1 aromatic carbocycles. The Bertz CT molecular complexity index is 944. The number of ether oxygens (including phenoxy) is 1. The van der Waals surface area contributed by atoms with Crippen LogP contribution in [0.1, 0.15) is 58.4 Å². The van der Waals surface area contributed by atoms with Gasteiger partial charge in [-0.1, -0.05) is 68.0 Å². The maximum absolute atomic E-state index is 13.4. The molecule has 0 unspecified atom stereocenters. The van der Waals surface area contributed by atoms with Gasteiger partial charge in [-0.2, -0.15) is 0 Å². The Hall–Kier alpha value is -2.40. The summed E-state index contributed by atoms with van der Waals surface area (Å²) in [5.41, 5.74) is 0.755. The van der Waals surface area contributed by atoms with E-state index in [9.17, 15) is 14.7 Å². The lowest BCUT2D eigenvalue weighted by Crippen LogP contribution is -2.52.